The minimum Gasteiger partial charge on any atom is -0.465 e. The Kier molecular flexibility index (Phi) is 5.59. The standard InChI is InChI=1S/C18H14FN3O5S/c1-2-27-16(23)10-21-14-8-7-11(19)9-15(14)28-18(21)20-17(24)12-5-3-4-6-13(12)22(25)26/h3-9H,2,10H2,1H3. The van der Waals surface area contributed by atoms with Gasteiger partial charge in [-0.05, 0) is 31.2 Å². The van der Waals surface area contributed by atoms with Crippen molar-refractivity contribution in [1.29, 1.82) is 0 Å². The molecule has 0 aliphatic rings. The topological polar surface area (TPSA) is 104 Å². The van der Waals surface area contributed by atoms with Crippen LogP contribution in [0.3, 0.4) is 0 Å². The normalized spacial score (nSPS) is 11.6. The maximum absolute atomic E-state index is 13.6. The van der Waals surface area contributed by atoms with E-state index in [0.29, 0.717) is 10.2 Å². The molecule has 0 saturated carbocycles. The number of para-hydroxylation sites is 1. The molecule has 0 unspecified atom stereocenters. The fourth-order valence-electron chi connectivity index (χ4n) is 2.58. The molecule has 144 valence electrons. The first-order valence-corrected chi connectivity index (χ1v) is 8.99. The van der Waals surface area contributed by atoms with E-state index in [-0.39, 0.29) is 29.2 Å². The molecule has 0 fully saturated rings. The minimum absolute atomic E-state index is 0.108. The fraction of sp³-hybridized carbons (Fsp3) is 0.167. The summed E-state index contributed by atoms with van der Waals surface area (Å²) in [6, 6.07) is 9.39. The summed E-state index contributed by atoms with van der Waals surface area (Å²) < 4.78 is 20.4. The summed E-state index contributed by atoms with van der Waals surface area (Å²) in [5.74, 6) is -1.86. The van der Waals surface area contributed by atoms with Crippen molar-refractivity contribution in [2.75, 3.05) is 6.61 Å². The molecular formula is C18H14FN3O5S. The molecular weight excluding hydrogens is 389 g/mol. The molecule has 0 radical (unpaired) electrons. The van der Waals surface area contributed by atoms with E-state index in [0.717, 1.165) is 11.3 Å². The van der Waals surface area contributed by atoms with Crippen molar-refractivity contribution in [1.82, 2.24) is 4.57 Å². The van der Waals surface area contributed by atoms with E-state index in [1.54, 1.807) is 6.92 Å². The van der Waals surface area contributed by atoms with Gasteiger partial charge in [-0.3, -0.25) is 19.7 Å². The number of nitro groups is 1. The van der Waals surface area contributed by atoms with Crippen molar-refractivity contribution in [3.8, 4) is 0 Å². The Morgan fingerprint density at radius 1 is 1.29 bits per heavy atom. The van der Waals surface area contributed by atoms with Crippen LogP contribution in [0.1, 0.15) is 17.3 Å². The Hall–Kier alpha value is -3.40. The Morgan fingerprint density at radius 2 is 2.04 bits per heavy atom. The summed E-state index contributed by atoms with van der Waals surface area (Å²) in [4.78, 5) is 39.1. The third-order valence-electron chi connectivity index (χ3n) is 3.77. The highest BCUT2D eigenvalue weighted by molar-refractivity contribution is 7.16. The summed E-state index contributed by atoms with van der Waals surface area (Å²) in [7, 11) is 0. The van der Waals surface area contributed by atoms with E-state index in [1.165, 1.54) is 47.0 Å². The zero-order chi connectivity index (χ0) is 20.3. The van der Waals surface area contributed by atoms with Crippen LogP contribution in [-0.4, -0.2) is 28.0 Å². The summed E-state index contributed by atoms with van der Waals surface area (Å²) in [6.45, 7) is 1.60. The molecule has 0 N–H and O–H groups in total. The number of hydrogen-bond donors (Lipinski definition) is 0. The molecule has 1 aromatic heterocycles. The van der Waals surface area contributed by atoms with E-state index in [9.17, 15) is 24.1 Å². The number of aromatic nitrogens is 1. The van der Waals surface area contributed by atoms with Crippen LogP contribution in [0.4, 0.5) is 10.1 Å². The highest BCUT2D eigenvalue weighted by atomic mass is 32.1. The molecule has 1 amide bonds. The van der Waals surface area contributed by atoms with Crippen LogP contribution in [0.2, 0.25) is 0 Å². The third kappa shape index (κ3) is 3.96. The lowest BCUT2D eigenvalue weighted by Crippen LogP contribution is -2.23. The van der Waals surface area contributed by atoms with Gasteiger partial charge in [-0.15, -0.1) is 0 Å². The maximum atomic E-state index is 13.6. The van der Waals surface area contributed by atoms with E-state index in [1.807, 2.05) is 0 Å². The van der Waals surface area contributed by atoms with E-state index >= 15 is 0 Å². The molecule has 0 aliphatic carbocycles. The zero-order valence-electron chi connectivity index (χ0n) is 14.6. The van der Waals surface area contributed by atoms with Crippen LogP contribution in [0, 0.1) is 15.9 Å². The number of carbonyl (C=O) groups is 2. The Morgan fingerprint density at radius 3 is 2.75 bits per heavy atom. The first-order chi connectivity index (χ1) is 13.4. The number of nitro benzene ring substituents is 1. The van der Waals surface area contributed by atoms with Gasteiger partial charge in [0.05, 0.1) is 21.7 Å². The molecule has 0 bridgehead atoms. The smallest absolute Gasteiger partial charge is 0.326 e. The van der Waals surface area contributed by atoms with Gasteiger partial charge < -0.3 is 9.30 Å². The van der Waals surface area contributed by atoms with Crippen LogP contribution in [0.15, 0.2) is 47.5 Å². The van der Waals surface area contributed by atoms with Crippen molar-refractivity contribution in [2.45, 2.75) is 13.5 Å². The molecule has 10 heteroatoms. The summed E-state index contributed by atoms with van der Waals surface area (Å²) >= 11 is 0.993. The molecule has 2 aromatic carbocycles. The van der Waals surface area contributed by atoms with Crippen molar-refractivity contribution in [2.24, 2.45) is 4.99 Å². The van der Waals surface area contributed by atoms with Gasteiger partial charge in [0.1, 0.15) is 17.9 Å². The minimum atomic E-state index is -0.836. The molecule has 28 heavy (non-hydrogen) atoms. The number of hydrogen-bond acceptors (Lipinski definition) is 6. The maximum Gasteiger partial charge on any atom is 0.326 e. The van der Waals surface area contributed by atoms with Crippen LogP contribution in [-0.2, 0) is 16.1 Å². The number of amides is 1. The molecule has 1 heterocycles. The van der Waals surface area contributed by atoms with Crippen LogP contribution in [0.25, 0.3) is 10.2 Å². The van der Waals surface area contributed by atoms with Crippen LogP contribution >= 0.6 is 11.3 Å². The number of halogens is 1. The van der Waals surface area contributed by atoms with Gasteiger partial charge in [-0.25, -0.2) is 4.39 Å². The summed E-state index contributed by atoms with van der Waals surface area (Å²) in [6.07, 6.45) is 0. The SMILES string of the molecule is CCOC(=O)Cn1c(=NC(=O)c2ccccc2[N+](=O)[O-])sc2cc(F)ccc21. The number of thiazole rings is 1. The molecule has 0 saturated heterocycles. The average molecular weight is 403 g/mol. The van der Waals surface area contributed by atoms with Crippen molar-refractivity contribution in [3.05, 3.63) is 68.8 Å². The predicted octanol–water partition coefficient (Wildman–Crippen LogP) is 3.05. The van der Waals surface area contributed by atoms with Crippen molar-refractivity contribution in [3.63, 3.8) is 0 Å². The second-order valence-electron chi connectivity index (χ2n) is 5.58. The van der Waals surface area contributed by atoms with Gasteiger partial charge in [0.15, 0.2) is 4.80 Å². The number of esters is 1. The first kappa shape index (κ1) is 19.4. The van der Waals surface area contributed by atoms with Gasteiger partial charge in [0.25, 0.3) is 11.6 Å². The van der Waals surface area contributed by atoms with Crippen LogP contribution in [0.5, 0.6) is 0 Å². The number of ether oxygens (including phenoxy) is 1. The fourth-order valence-corrected chi connectivity index (χ4v) is 3.63. The lowest BCUT2D eigenvalue weighted by molar-refractivity contribution is -0.385. The number of benzene rings is 2. The second-order valence-corrected chi connectivity index (χ2v) is 6.59. The van der Waals surface area contributed by atoms with Crippen molar-refractivity contribution < 1.29 is 23.6 Å². The number of carbonyl (C=O) groups excluding carboxylic acids is 2. The molecule has 0 spiro atoms. The molecule has 8 nitrogen and oxygen atoms in total. The van der Waals surface area contributed by atoms with Gasteiger partial charge in [0.2, 0.25) is 0 Å². The summed E-state index contributed by atoms with van der Waals surface area (Å²) in [5, 5.41) is 11.1. The van der Waals surface area contributed by atoms with E-state index < -0.39 is 22.6 Å². The van der Waals surface area contributed by atoms with Gasteiger partial charge in [-0.1, -0.05) is 23.5 Å². The van der Waals surface area contributed by atoms with Crippen LogP contribution < -0.4 is 4.80 Å². The van der Waals surface area contributed by atoms with E-state index in [4.69, 9.17) is 4.74 Å². The Labute approximate surface area is 161 Å². The van der Waals surface area contributed by atoms with E-state index in [2.05, 4.69) is 4.99 Å². The first-order valence-electron chi connectivity index (χ1n) is 8.17. The quantitative estimate of drug-likeness (QED) is 0.370. The predicted molar refractivity (Wildman–Crippen MR) is 99.4 cm³/mol. The van der Waals surface area contributed by atoms with Gasteiger partial charge in [0, 0.05) is 6.07 Å². The number of nitrogens with zero attached hydrogens (tertiary/aromatic N) is 3. The lowest BCUT2D eigenvalue weighted by atomic mass is 10.2. The monoisotopic (exact) mass is 403 g/mol. The molecule has 3 rings (SSSR count). The number of rotatable bonds is 5. The average Bonchev–Trinajstić information content (AvgIpc) is 2.97. The van der Waals surface area contributed by atoms with Gasteiger partial charge in [-0.2, -0.15) is 4.99 Å². The Balaban J connectivity index is 2.15. The lowest BCUT2D eigenvalue weighted by Gasteiger charge is -2.05. The molecule has 0 aliphatic heterocycles. The van der Waals surface area contributed by atoms with Crippen molar-refractivity contribution >= 4 is 39.1 Å². The number of fused-ring (bicyclic) bond motifs is 1. The molecule has 3 aromatic rings. The summed E-state index contributed by atoms with van der Waals surface area (Å²) in [5.41, 5.74) is -0.0623. The third-order valence-corrected chi connectivity index (χ3v) is 4.81. The molecule has 0 atom stereocenters. The second kappa shape index (κ2) is 8.09. The van der Waals surface area contributed by atoms with Gasteiger partial charge >= 0.3 is 5.97 Å². The highest BCUT2D eigenvalue weighted by Crippen LogP contribution is 2.21. The zero-order valence-corrected chi connectivity index (χ0v) is 15.4. The largest absolute Gasteiger partial charge is 0.465 e. The highest BCUT2D eigenvalue weighted by Gasteiger charge is 2.20. The Bertz CT molecular complexity index is 1150.